The molecule has 2 aromatic carbocycles. The first kappa shape index (κ1) is 18.7. The van der Waals surface area contributed by atoms with Crippen LogP contribution in [-0.4, -0.2) is 37.6 Å². The Bertz CT molecular complexity index is 1360. The average Bonchev–Trinajstić information content (AvgIpc) is 3.21. The number of pyridine rings is 1. The van der Waals surface area contributed by atoms with Gasteiger partial charge in [0.25, 0.3) is 11.8 Å². The van der Waals surface area contributed by atoms with E-state index in [0.29, 0.717) is 27.5 Å². The molecule has 0 atom stereocenters. The van der Waals surface area contributed by atoms with E-state index in [9.17, 15) is 14.4 Å². The van der Waals surface area contributed by atoms with Gasteiger partial charge in [0.15, 0.2) is 5.65 Å². The predicted octanol–water partition coefficient (Wildman–Crippen LogP) is 3.31. The minimum absolute atomic E-state index is 0.172. The number of aromatic nitrogens is 3. The number of hydroxylamine groups is 2. The van der Waals surface area contributed by atoms with Crippen LogP contribution in [0.1, 0.15) is 36.8 Å². The van der Waals surface area contributed by atoms with Crippen LogP contribution in [0, 0.1) is 6.92 Å². The van der Waals surface area contributed by atoms with Crippen molar-refractivity contribution in [1.82, 2.24) is 19.8 Å². The second-order valence-corrected chi connectivity index (χ2v) is 7.16. The minimum atomic E-state index is -0.838. The largest absolute Gasteiger partial charge is 0.364 e. The minimum Gasteiger partial charge on any atom is -0.324 e. The Morgan fingerprint density at radius 1 is 0.935 bits per heavy atom. The topological polar surface area (TPSA) is 94.4 Å². The van der Waals surface area contributed by atoms with E-state index in [0.717, 1.165) is 5.56 Å². The fourth-order valence-corrected chi connectivity index (χ4v) is 3.74. The molecule has 5 rings (SSSR count). The number of benzene rings is 2. The number of carbonyl (C=O) groups is 3. The SMILES string of the molecule is Cc1nn(C)c2nc(-c3ccccc3)cc(C(=O)ON3C(=O)c4ccccc4C3=O)c12. The number of imide groups is 1. The van der Waals surface area contributed by atoms with Crippen LogP contribution < -0.4 is 0 Å². The standard InChI is InChI=1S/C23H16N4O4/c1-13-19-17(12-18(14-8-4-3-5-9-14)24-20(19)26(2)25-13)23(30)31-27-21(28)15-10-6-7-11-16(15)22(27)29/h3-12H,1-2H3. The monoisotopic (exact) mass is 412 g/mol. The van der Waals surface area contributed by atoms with Crippen molar-refractivity contribution in [1.29, 1.82) is 0 Å². The highest BCUT2D eigenvalue weighted by molar-refractivity contribution is 6.21. The zero-order valence-electron chi connectivity index (χ0n) is 16.7. The predicted molar refractivity (Wildman–Crippen MR) is 111 cm³/mol. The molecule has 0 aliphatic carbocycles. The highest BCUT2D eigenvalue weighted by Gasteiger charge is 2.39. The Labute approximate surface area is 176 Å². The molecular weight excluding hydrogens is 396 g/mol. The van der Waals surface area contributed by atoms with E-state index < -0.39 is 17.8 Å². The number of amides is 2. The van der Waals surface area contributed by atoms with Crippen LogP contribution in [-0.2, 0) is 11.9 Å². The quantitative estimate of drug-likeness (QED) is 0.479. The summed E-state index contributed by atoms with van der Waals surface area (Å²) in [5.41, 5.74) is 2.99. The summed E-state index contributed by atoms with van der Waals surface area (Å²) in [6, 6.07) is 17.3. The third-order valence-corrected chi connectivity index (χ3v) is 5.19. The summed E-state index contributed by atoms with van der Waals surface area (Å²) in [5.74, 6) is -2.19. The summed E-state index contributed by atoms with van der Waals surface area (Å²) >= 11 is 0. The van der Waals surface area contributed by atoms with Crippen molar-refractivity contribution >= 4 is 28.8 Å². The lowest BCUT2D eigenvalue weighted by molar-refractivity contribution is -0.0583. The molecule has 0 saturated heterocycles. The Morgan fingerprint density at radius 3 is 2.19 bits per heavy atom. The molecule has 0 N–H and O–H groups in total. The maximum atomic E-state index is 13.2. The number of nitrogens with zero attached hydrogens (tertiary/aromatic N) is 4. The molecule has 1 aliphatic rings. The molecule has 2 amide bonds. The number of hydrogen-bond acceptors (Lipinski definition) is 6. The molecule has 0 fully saturated rings. The first-order valence-electron chi connectivity index (χ1n) is 9.55. The van der Waals surface area contributed by atoms with Crippen molar-refractivity contribution in [2.45, 2.75) is 6.92 Å². The van der Waals surface area contributed by atoms with Crippen molar-refractivity contribution in [2.24, 2.45) is 7.05 Å². The van der Waals surface area contributed by atoms with Gasteiger partial charge >= 0.3 is 5.97 Å². The van der Waals surface area contributed by atoms with E-state index in [1.807, 2.05) is 30.3 Å². The van der Waals surface area contributed by atoms with Crippen molar-refractivity contribution in [3.63, 3.8) is 0 Å². The Morgan fingerprint density at radius 2 is 1.55 bits per heavy atom. The van der Waals surface area contributed by atoms with Crippen molar-refractivity contribution in [2.75, 3.05) is 0 Å². The molecule has 152 valence electrons. The van der Waals surface area contributed by atoms with Gasteiger partial charge in [0.05, 0.1) is 33.5 Å². The highest BCUT2D eigenvalue weighted by atomic mass is 16.7. The van der Waals surface area contributed by atoms with Crippen LogP contribution in [0.4, 0.5) is 0 Å². The fraction of sp³-hybridized carbons (Fsp3) is 0.0870. The Kier molecular flexibility index (Phi) is 4.14. The van der Waals surface area contributed by atoms with Crippen LogP contribution in [0.3, 0.4) is 0 Å². The molecule has 2 aromatic heterocycles. The van der Waals surface area contributed by atoms with Gasteiger partial charge in [-0.2, -0.15) is 5.10 Å². The van der Waals surface area contributed by atoms with Gasteiger partial charge in [0.2, 0.25) is 0 Å². The summed E-state index contributed by atoms with van der Waals surface area (Å²) in [4.78, 5) is 48.3. The van der Waals surface area contributed by atoms with E-state index in [1.54, 1.807) is 36.9 Å². The smallest absolute Gasteiger partial charge is 0.324 e. The zero-order valence-corrected chi connectivity index (χ0v) is 16.7. The second kappa shape index (κ2) is 6.88. The molecule has 0 bridgehead atoms. The summed E-state index contributed by atoms with van der Waals surface area (Å²) in [6.45, 7) is 1.75. The highest BCUT2D eigenvalue weighted by Crippen LogP contribution is 2.29. The Hall–Kier alpha value is -4.33. The van der Waals surface area contributed by atoms with Gasteiger partial charge < -0.3 is 4.84 Å². The van der Waals surface area contributed by atoms with Crippen molar-refractivity contribution in [3.8, 4) is 11.3 Å². The third-order valence-electron chi connectivity index (χ3n) is 5.19. The third kappa shape index (κ3) is 2.88. The van der Waals surface area contributed by atoms with E-state index in [-0.39, 0.29) is 16.7 Å². The van der Waals surface area contributed by atoms with Gasteiger partial charge in [-0.1, -0.05) is 47.5 Å². The molecule has 1 aliphatic heterocycles. The second-order valence-electron chi connectivity index (χ2n) is 7.16. The van der Waals surface area contributed by atoms with Gasteiger partial charge in [0, 0.05) is 12.6 Å². The van der Waals surface area contributed by atoms with Crippen LogP contribution in [0.25, 0.3) is 22.3 Å². The Balaban J connectivity index is 1.59. The van der Waals surface area contributed by atoms with Crippen LogP contribution in [0.2, 0.25) is 0 Å². The number of fused-ring (bicyclic) bond motifs is 2. The number of aryl methyl sites for hydroxylation is 2. The van der Waals surface area contributed by atoms with E-state index in [1.165, 1.54) is 12.1 Å². The van der Waals surface area contributed by atoms with Crippen molar-refractivity contribution < 1.29 is 19.2 Å². The summed E-state index contributed by atoms with van der Waals surface area (Å²) in [6.07, 6.45) is 0. The maximum absolute atomic E-state index is 13.2. The van der Waals surface area contributed by atoms with Crippen LogP contribution in [0.15, 0.2) is 60.7 Å². The lowest BCUT2D eigenvalue weighted by Crippen LogP contribution is -2.32. The van der Waals surface area contributed by atoms with Crippen molar-refractivity contribution in [3.05, 3.63) is 83.0 Å². The first-order valence-corrected chi connectivity index (χ1v) is 9.55. The summed E-state index contributed by atoms with van der Waals surface area (Å²) in [5, 5.41) is 5.37. The molecule has 4 aromatic rings. The lowest BCUT2D eigenvalue weighted by Gasteiger charge is -2.14. The van der Waals surface area contributed by atoms with Gasteiger partial charge in [-0.3, -0.25) is 14.3 Å². The summed E-state index contributed by atoms with van der Waals surface area (Å²) in [7, 11) is 1.73. The van der Waals surface area contributed by atoms with Crippen LogP contribution >= 0.6 is 0 Å². The normalized spacial score (nSPS) is 13.0. The number of hydrogen-bond donors (Lipinski definition) is 0. The molecule has 0 spiro atoms. The molecule has 8 heteroatoms. The fourth-order valence-electron chi connectivity index (χ4n) is 3.74. The molecule has 31 heavy (non-hydrogen) atoms. The van der Waals surface area contributed by atoms with Gasteiger partial charge in [-0.25, -0.2) is 9.78 Å². The molecule has 0 radical (unpaired) electrons. The lowest BCUT2D eigenvalue weighted by atomic mass is 10.1. The van der Waals surface area contributed by atoms with E-state index in [4.69, 9.17) is 4.84 Å². The van der Waals surface area contributed by atoms with Gasteiger partial charge in [0.1, 0.15) is 0 Å². The number of carbonyl (C=O) groups excluding carboxylic acids is 3. The number of rotatable bonds is 3. The molecule has 0 saturated carbocycles. The molecule has 0 unspecified atom stereocenters. The summed E-state index contributed by atoms with van der Waals surface area (Å²) < 4.78 is 1.58. The van der Waals surface area contributed by atoms with Gasteiger partial charge in [-0.05, 0) is 25.1 Å². The zero-order chi connectivity index (χ0) is 21.7. The van der Waals surface area contributed by atoms with E-state index in [2.05, 4.69) is 10.1 Å². The molecule has 3 heterocycles. The first-order chi connectivity index (χ1) is 15.0. The average molecular weight is 412 g/mol. The molecular formula is C23H16N4O4. The van der Waals surface area contributed by atoms with Gasteiger partial charge in [-0.15, -0.1) is 0 Å². The van der Waals surface area contributed by atoms with E-state index >= 15 is 0 Å². The molecule has 8 nitrogen and oxygen atoms in total. The maximum Gasteiger partial charge on any atom is 0.364 e. The van der Waals surface area contributed by atoms with Crippen LogP contribution in [0.5, 0.6) is 0 Å².